The molecule has 1 N–H and O–H groups in total. The first-order valence-corrected chi connectivity index (χ1v) is 7.64. The van der Waals surface area contributed by atoms with Gasteiger partial charge in [0.15, 0.2) is 10.8 Å². The number of fused-ring (bicyclic) bond motifs is 1. The fourth-order valence-corrected chi connectivity index (χ4v) is 2.82. The van der Waals surface area contributed by atoms with Crippen molar-refractivity contribution < 1.29 is 14.4 Å². The number of hydrogen-bond acceptors (Lipinski definition) is 6. The molecular formula is C14H13Cl2N3O4. The molecule has 3 rings (SSSR count). The van der Waals surface area contributed by atoms with Gasteiger partial charge in [0.25, 0.3) is 5.88 Å². The van der Waals surface area contributed by atoms with Crippen LogP contribution in [0.25, 0.3) is 0 Å². The Morgan fingerprint density at radius 3 is 2.61 bits per heavy atom. The smallest absolute Gasteiger partial charge is 0.350 e. The molecule has 0 bridgehead atoms. The maximum absolute atomic E-state index is 11.5. The third kappa shape index (κ3) is 3.21. The van der Waals surface area contributed by atoms with Crippen LogP contribution in [0.4, 0.5) is 5.69 Å². The third-order valence-electron chi connectivity index (χ3n) is 3.42. The molecule has 1 aromatic rings. The molecule has 1 aromatic carbocycles. The molecule has 0 aliphatic carbocycles. The number of nitrogens with one attached hydrogen (secondary N) is 1. The molecule has 9 heteroatoms. The number of nitrogens with zero attached hydrogens (tertiary/aromatic N) is 2. The van der Waals surface area contributed by atoms with Crippen LogP contribution in [0.1, 0.15) is 0 Å². The molecule has 1 fully saturated rings. The lowest BCUT2D eigenvalue weighted by atomic mass is 10.3. The van der Waals surface area contributed by atoms with Gasteiger partial charge in [-0.15, -0.1) is 0 Å². The quantitative estimate of drug-likeness (QED) is 0.509. The van der Waals surface area contributed by atoms with Crippen LogP contribution in [0.2, 0.25) is 0 Å². The topological polar surface area (TPSA) is 76.9 Å². The second-order valence-electron chi connectivity index (χ2n) is 4.86. The molecule has 122 valence electrons. The summed E-state index contributed by atoms with van der Waals surface area (Å²) in [7, 11) is 0. The average molecular weight is 358 g/mol. The number of rotatable bonds is 3. The van der Waals surface area contributed by atoms with E-state index < -0.39 is 10.6 Å². The monoisotopic (exact) mass is 357 g/mol. The van der Waals surface area contributed by atoms with Gasteiger partial charge in [0, 0.05) is 13.1 Å². The highest BCUT2D eigenvalue weighted by Gasteiger charge is 2.33. The van der Waals surface area contributed by atoms with Crippen molar-refractivity contribution in [2.45, 2.75) is 0 Å². The highest BCUT2D eigenvalue weighted by Crippen LogP contribution is 2.37. The van der Waals surface area contributed by atoms with Crippen LogP contribution in [0.5, 0.6) is 5.75 Å². The molecule has 1 saturated heterocycles. The van der Waals surface area contributed by atoms with Crippen LogP contribution >= 0.6 is 23.2 Å². The SMILES string of the molecule is O=[N+]([O-])C(=C1Nc2ccccc2O1)C(Cl)=C(Cl)N1CCOCC1. The van der Waals surface area contributed by atoms with Crippen LogP contribution in [-0.2, 0) is 4.74 Å². The number of hydrogen-bond donors (Lipinski definition) is 1. The maximum atomic E-state index is 11.5. The summed E-state index contributed by atoms with van der Waals surface area (Å²) >= 11 is 12.4. The largest absolute Gasteiger partial charge is 0.433 e. The van der Waals surface area contributed by atoms with E-state index in [1.807, 2.05) is 0 Å². The fourth-order valence-electron chi connectivity index (χ4n) is 2.28. The summed E-state index contributed by atoms with van der Waals surface area (Å²) in [6.07, 6.45) is 0. The lowest BCUT2D eigenvalue weighted by molar-refractivity contribution is -0.422. The van der Waals surface area contributed by atoms with Crippen molar-refractivity contribution in [1.82, 2.24) is 4.90 Å². The minimum Gasteiger partial charge on any atom is -0.433 e. The van der Waals surface area contributed by atoms with Gasteiger partial charge < -0.3 is 19.7 Å². The average Bonchev–Trinajstić information content (AvgIpc) is 2.98. The second kappa shape index (κ2) is 6.66. The summed E-state index contributed by atoms with van der Waals surface area (Å²) in [5, 5.41) is 14.3. The predicted molar refractivity (Wildman–Crippen MR) is 85.8 cm³/mol. The van der Waals surface area contributed by atoms with Gasteiger partial charge in [0.05, 0.1) is 23.8 Å². The number of morpholine rings is 1. The third-order valence-corrected chi connectivity index (χ3v) is 4.31. The molecule has 0 atom stereocenters. The highest BCUT2D eigenvalue weighted by atomic mass is 35.5. The summed E-state index contributed by atoms with van der Waals surface area (Å²) in [4.78, 5) is 12.6. The Bertz CT molecular complexity index is 672. The van der Waals surface area contributed by atoms with Crippen molar-refractivity contribution in [1.29, 1.82) is 0 Å². The molecule has 0 unspecified atom stereocenters. The van der Waals surface area contributed by atoms with Crippen LogP contribution in [-0.4, -0.2) is 36.1 Å². The first kappa shape index (κ1) is 15.9. The predicted octanol–water partition coefficient (Wildman–Crippen LogP) is 2.92. The normalized spacial score (nSPS) is 20.2. The van der Waals surface area contributed by atoms with Gasteiger partial charge in [-0.2, -0.15) is 0 Å². The Morgan fingerprint density at radius 1 is 1.26 bits per heavy atom. The van der Waals surface area contributed by atoms with E-state index >= 15 is 0 Å². The molecule has 0 spiro atoms. The van der Waals surface area contributed by atoms with Crippen molar-refractivity contribution in [2.24, 2.45) is 0 Å². The van der Waals surface area contributed by atoms with E-state index in [1.165, 1.54) is 0 Å². The Morgan fingerprint density at radius 2 is 1.96 bits per heavy atom. The minimum absolute atomic E-state index is 0.0485. The Labute approximate surface area is 142 Å². The zero-order valence-corrected chi connectivity index (χ0v) is 13.4. The molecule has 0 amide bonds. The highest BCUT2D eigenvalue weighted by molar-refractivity contribution is 6.40. The van der Waals surface area contributed by atoms with E-state index in [0.29, 0.717) is 37.7 Å². The van der Waals surface area contributed by atoms with E-state index in [-0.39, 0.29) is 16.1 Å². The number of halogens is 2. The van der Waals surface area contributed by atoms with Gasteiger partial charge in [-0.05, 0) is 12.1 Å². The Kier molecular flexibility index (Phi) is 4.61. The summed E-state index contributed by atoms with van der Waals surface area (Å²) in [5.41, 5.74) is 0.230. The van der Waals surface area contributed by atoms with E-state index in [1.54, 1.807) is 29.2 Å². The molecule has 2 heterocycles. The first-order chi connectivity index (χ1) is 11.1. The van der Waals surface area contributed by atoms with Gasteiger partial charge in [0.2, 0.25) is 0 Å². The standard InChI is InChI=1S/C14H13Cl2N3O4/c15-11(13(16)18-5-7-22-8-6-18)12(19(20)21)14-17-9-3-1-2-4-10(9)23-14/h1-4,17H,5-8H2. The number of benzene rings is 1. The van der Waals surface area contributed by atoms with Crippen molar-refractivity contribution in [3.63, 3.8) is 0 Å². The number of ether oxygens (including phenoxy) is 2. The van der Waals surface area contributed by atoms with Crippen LogP contribution in [0.15, 0.2) is 46.0 Å². The Balaban J connectivity index is 1.96. The van der Waals surface area contributed by atoms with Gasteiger partial charge in [0.1, 0.15) is 5.16 Å². The summed E-state index contributed by atoms with van der Waals surface area (Å²) in [5.74, 6) is 0.446. The summed E-state index contributed by atoms with van der Waals surface area (Å²) in [6.45, 7) is 2.02. The molecule has 7 nitrogen and oxygen atoms in total. The fraction of sp³-hybridized carbons (Fsp3) is 0.286. The van der Waals surface area contributed by atoms with Crippen molar-refractivity contribution in [3.05, 3.63) is 56.1 Å². The Hall–Kier alpha value is -1.96. The van der Waals surface area contributed by atoms with Gasteiger partial charge in [-0.25, -0.2) is 0 Å². The molecular weight excluding hydrogens is 345 g/mol. The summed E-state index contributed by atoms with van der Waals surface area (Å²) in [6, 6.07) is 7.02. The van der Waals surface area contributed by atoms with Crippen molar-refractivity contribution in [2.75, 3.05) is 31.6 Å². The van der Waals surface area contributed by atoms with Crippen molar-refractivity contribution in [3.8, 4) is 5.75 Å². The first-order valence-electron chi connectivity index (χ1n) is 6.89. The molecule has 0 saturated carbocycles. The van der Waals surface area contributed by atoms with Crippen molar-refractivity contribution >= 4 is 28.9 Å². The second-order valence-corrected chi connectivity index (χ2v) is 5.60. The zero-order valence-electron chi connectivity index (χ0n) is 11.9. The molecule has 23 heavy (non-hydrogen) atoms. The lowest BCUT2D eigenvalue weighted by Crippen LogP contribution is -2.34. The maximum Gasteiger partial charge on any atom is 0.350 e. The van der Waals surface area contributed by atoms with Gasteiger partial charge in [-0.3, -0.25) is 10.1 Å². The van der Waals surface area contributed by atoms with E-state index in [9.17, 15) is 10.1 Å². The van der Waals surface area contributed by atoms with E-state index in [2.05, 4.69) is 5.32 Å². The van der Waals surface area contributed by atoms with Crippen LogP contribution in [0, 0.1) is 10.1 Å². The molecule has 0 radical (unpaired) electrons. The number of anilines is 1. The van der Waals surface area contributed by atoms with Gasteiger partial charge in [-0.1, -0.05) is 35.3 Å². The molecule has 0 aromatic heterocycles. The van der Waals surface area contributed by atoms with Gasteiger partial charge >= 0.3 is 5.70 Å². The van der Waals surface area contributed by atoms with E-state index in [0.717, 1.165) is 0 Å². The van der Waals surface area contributed by atoms with Crippen LogP contribution in [0.3, 0.4) is 0 Å². The van der Waals surface area contributed by atoms with E-state index in [4.69, 9.17) is 32.7 Å². The number of nitro groups is 1. The molecule has 2 aliphatic heterocycles. The summed E-state index contributed by atoms with van der Waals surface area (Å²) < 4.78 is 10.7. The molecule has 2 aliphatic rings. The zero-order chi connectivity index (χ0) is 16.4. The van der Waals surface area contributed by atoms with Crippen LogP contribution < -0.4 is 10.1 Å². The number of para-hydroxylation sites is 2. The number of allylic oxidation sites excluding steroid dienone is 1. The minimum atomic E-state index is -0.612. The lowest BCUT2D eigenvalue weighted by Gasteiger charge is -2.28.